The molecule has 3 N–H and O–H groups in total. The van der Waals surface area contributed by atoms with E-state index < -0.39 is 17.5 Å². The molecule has 1 heterocycles. The van der Waals surface area contributed by atoms with Gasteiger partial charge in [-0.3, -0.25) is 4.79 Å². The van der Waals surface area contributed by atoms with E-state index in [-0.39, 0.29) is 6.04 Å². The van der Waals surface area contributed by atoms with Crippen molar-refractivity contribution in [3.8, 4) is 0 Å². The Morgan fingerprint density at radius 1 is 1.29 bits per heavy atom. The minimum atomic E-state index is -0.557. The van der Waals surface area contributed by atoms with Gasteiger partial charge in [-0.15, -0.1) is 0 Å². The van der Waals surface area contributed by atoms with Crippen LogP contribution >= 0.6 is 12.2 Å². The zero-order valence-electron chi connectivity index (χ0n) is 15.0. The third-order valence-corrected chi connectivity index (χ3v) is 5.60. The molecule has 1 atom stereocenters. The lowest BCUT2D eigenvalue weighted by Crippen LogP contribution is -2.21. The van der Waals surface area contributed by atoms with Crippen molar-refractivity contribution in [3.05, 3.63) is 86.9 Å². The standard InChI is InChI=1S/C21H19F2N3OS/c22-15-8-14-9-16(4-5-18(14)19(23)10-15)26-17(11-25-21(26)28)7-12-2-1-3-13(6-12)20(24)27/h1-3,6,8,10-11,16H,4-5,7,9H2,(H2,24,27)(H,25,28). The highest BCUT2D eigenvalue weighted by Gasteiger charge is 2.25. The smallest absolute Gasteiger partial charge is 0.248 e. The highest BCUT2D eigenvalue weighted by molar-refractivity contribution is 7.71. The molecule has 2 aromatic carbocycles. The Bertz CT molecular complexity index is 1120. The van der Waals surface area contributed by atoms with Crippen LogP contribution in [-0.4, -0.2) is 15.5 Å². The Balaban J connectivity index is 1.65. The zero-order chi connectivity index (χ0) is 19.8. The van der Waals surface area contributed by atoms with Crippen LogP contribution in [-0.2, 0) is 19.3 Å². The third-order valence-electron chi connectivity index (χ3n) is 5.29. The van der Waals surface area contributed by atoms with Crippen molar-refractivity contribution >= 4 is 18.1 Å². The van der Waals surface area contributed by atoms with Crippen molar-refractivity contribution < 1.29 is 13.6 Å². The van der Waals surface area contributed by atoms with E-state index in [9.17, 15) is 13.6 Å². The van der Waals surface area contributed by atoms with E-state index in [1.807, 2.05) is 16.8 Å². The molecule has 1 amide bonds. The lowest BCUT2D eigenvalue weighted by Gasteiger charge is -2.27. The monoisotopic (exact) mass is 399 g/mol. The molecule has 1 aromatic heterocycles. The number of nitrogens with two attached hydrogens (primary N) is 1. The maximum atomic E-state index is 14.0. The topological polar surface area (TPSA) is 63.8 Å². The number of H-pyrrole nitrogens is 1. The summed E-state index contributed by atoms with van der Waals surface area (Å²) in [5.74, 6) is -1.51. The minimum Gasteiger partial charge on any atom is -0.366 e. The molecule has 0 saturated carbocycles. The molecule has 4 nitrogen and oxygen atoms in total. The van der Waals surface area contributed by atoms with Gasteiger partial charge in [-0.2, -0.15) is 0 Å². The first kappa shape index (κ1) is 18.6. The van der Waals surface area contributed by atoms with Crippen molar-refractivity contribution in [2.45, 2.75) is 31.7 Å². The Hall–Kier alpha value is -2.80. The second-order valence-corrected chi connectivity index (χ2v) is 7.51. The van der Waals surface area contributed by atoms with Crippen LogP contribution in [0.25, 0.3) is 0 Å². The van der Waals surface area contributed by atoms with E-state index in [0.717, 1.165) is 23.7 Å². The number of aromatic nitrogens is 2. The molecule has 0 bridgehead atoms. The van der Waals surface area contributed by atoms with Crippen LogP contribution in [0, 0.1) is 16.4 Å². The number of fused-ring (bicyclic) bond motifs is 1. The van der Waals surface area contributed by atoms with Gasteiger partial charge in [0.05, 0.1) is 0 Å². The van der Waals surface area contributed by atoms with E-state index in [1.54, 1.807) is 18.2 Å². The molecule has 7 heteroatoms. The molecule has 1 aliphatic rings. The molecule has 3 aromatic rings. The Morgan fingerprint density at radius 3 is 2.89 bits per heavy atom. The molecule has 0 saturated heterocycles. The molecule has 1 aliphatic carbocycles. The molecule has 0 aliphatic heterocycles. The zero-order valence-corrected chi connectivity index (χ0v) is 15.9. The number of carbonyl (C=O) groups excluding carboxylic acids is 1. The van der Waals surface area contributed by atoms with Crippen molar-refractivity contribution in [1.82, 2.24) is 9.55 Å². The fourth-order valence-corrected chi connectivity index (χ4v) is 4.33. The molecule has 144 valence electrons. The summed E-state index contributed by atoms with van der Waals surface area (Å²) in [7, 11) is 0. The summed E-state index contributed by atoms with van der Waals surface area (Å²) in [6, 6.07) is 9.54. The summed E-state index contributed by atoms with van der Waals surface area (Å²) >= 11 is 5.47. The van der Waals surface area contributed by atoms with Crippen molar-refractivity contribution in [2.24, 2.45) is 5.73 Å². The Morgan fingerprint density at radius 2 is 2.11 bits per heavy atom. The number of amides is 1. The number of hydrogen-bond acceptors (Lipinski definition) is 2. The van der Waals surface area contributed by atoms with Crippen LogP contribution in [0.15, 0.2) is 42.6 Å². The van der Waals surface area contributed by atoms with Gasteiger partial charge in [0.25, 0.3) is 0 Å². The van der Waals surface area contributed by atoms with Gasteiger partial charge in [-0.1, -0.05) is 12.1 Å². The number of rotatable bonds is 4. The first-order valence-corrected chi connectivity index (χ1v) is 9.47. The van der Waals surface area contributed by atoms with Crippen LogP contribution in [0.2, 0.25) is 0 Å². The van der Waals surface area contributed by atoms with Gasteiger partial charge in [0.1, 0.15) is 11.6 Å². The van der Waals surface area contributed by atoms with E-state index in [1.165, 1.54) is 6.07 Å². The number of benzene rings is 2. The highest BCUT2D eigenvalue weighted by atomic mass is 32.1. The predicted molar refractivity (Wildman–Crippen MR) is 105 cm³/mol. The van der Waals surface area contributed by atoms with E-state index in [2.05, 4.69) is 4.98 Å². The van der Waals surface area contributed by atoms with Crippen molar-refractivity contribution in [1.29, 1.82) is 0 Å². The SMILES string of the molecule is NC(=O)c1cccc(Cc2c[nH]c(=S)n2C2CCc3c(F)cc(F)cc3C2)c1. The molecule has 1 unspecified atom stereocenters. The average Bonchev–Trinajstić information content (AvgIpc) is 3.01. The van der Waals surface area contributed by atoms with Gasteiger partial charge < -0.3 is 15.3 Å². The van der Waals surface area contributed by atoms with Gasteiger partial charge in [0, 0.05) is 36.0 Å². The minimum absolute atomic E-state index is 0.0155. The van der Waals surface area contributed by atoms with Crippen LogP contribution in [0.4, 0.5) is 8.78 Å². The van der Waals surface area contributed by atoms with Gasteiger partial charge in [0.2, 0.25) is 5.91 Å². The quantitative estimate of drug-likeness (QED) is 0.645. The van der Waals surface area contributed by atoms with Crippen molar-refractivity contribution in [2.75, 3.05) is 0 Å². The van der Waals surface area contributed by atoms with Gasteiger partial charge in [-0.25, -0.2) is 8.78 Å². The third kappa shape index (κ3) is 3.49. The van der Waals surface area contributed by atoms with E-state index >= 15 is 0 Å². The highest BCUT2D eigenvalue weighted by Crippen LogP contribution is 2.32. The summed E-state index contributed by atoms with van der Waals surface area (Å²) in [5.41, 5.74) is 9.00. The maximum absolute atomic E-state index is 14.0. The number of nitrogens with one attached hydrogen (secondary N) is 1. The Labute approximate surface area is 166 Å². The first-order valence-electron chi connectivity index (χ1n) is 9.06. The number of carbonyl (C=O) groups is 1. The summed E-state index contributed by atoms with van der Waals surface area (Å²) in [4.78, 5) is 14.5. The lowest BCUT2D eigenvalue weighted by atomic mass is 9.87. The predicted octanol–water partition coefficient (Wildman–Crippen LogP) is 4.24. The average molecular weight is 399 g/mol. The fourth-order valence-electron chi connectivity index (χ4n) is 4.00. The first-order chi connectivity index (χ1) is 13.4. The number of hydrogen-bond donors (Lipinski definition) is 2. The molecular formula is C21H19F2N3OS. The summed E-state index contributed by atoms with van der Waals surface area (Å²) in [6.07, 6.45) is 4.19. The van der Waals surface area contributed by atoms with Crippen molar-refractivity contribution in [3.63, 3.8) is 0 Å². The molecule has 0 spiro atoms. The summed E-state index contributed by atoms with van der Waals surface area (Å²) < 4.78 is 30.3. The number of primary amides is 1. The molecular weight excluding hydrogens is 380 g/mol. The number of nitrogens with zero attached hydrogens (tertiary/aromatic N) is 1. The molecule has 28 heavy (non-hydrogen) atoms. The van der Waals surface area contributed by atoms with Gasteiger partial charge >= 0.3 is 0 Å². The van der Waals surface area contributed by atoms with E-state index in [0.29, 0.717) is 40.7 Å². The van der Waals surface area contributed by atoms with Crippen LogP contribution < -0.4 is 5.73 Å². The number of halogens is 2. The number of aromatic amines is 1. The van der Waals surface area contributed by atoms with E-state index in [4.69, 9.17) is 18.0 Å². The second kappa shape index (κ2) is 7.31. The van der Waals surface area contributed by atoms with Gasteiger partial charge in [-0.05, 0) is 66.4 Å². The molecule has 0 fully saturated rings. The molecule has 0 radical (unpaired) electrons. The van der Waals surface area contributed by atoms with Crippen LogP contribution in [0.3, 0.4) is 0 Å². The lowest BCUT2D eigenvalue weighted by molar-refractivity contribution is 0.1000. The fraction of sp³-hybridized carbons (Fsp3) is 0.238. The van der Waals surface area contributed by atoms with Gasteiger partial charge in [0.15, 0.2) is 4.77 Å². The largest absolute Gasteiger partial charge is 0.366 e. The second-order valence-electron chi connectivity index (χ2n) is 7.12. The number of imidazole rings is 1. The normalized spacial score (nSPS) is 16.0. The van der Waals surface area contributed by atoms with Crippen LogP contribution in [0.5, 0.6) is 0 Å². The summed E-state index contributed by atoms with van der Waals surface area (Å²) in [5, 5.41) is 0. The Kier molecular flexibility index (Phi) is 4.85. The maximum Gasteiger partial charge on any atom is 0.248 e. The summed E-state index contributed by atoms with van der Waals surface area (Å²) in [6.45, 7) is 0. The molecule has 4 rings (SSSR count). The van der Waals surface area contributed by atoms with Crippen LogP contribution in [0.1, 0.15) is 45.2 Å².